The maximum Gasteiger partial charge on any atom is 0.107 e. The Balaban J connectivity index is -0.000000318. The van der Waals surface area contributed by atoms with E-state index in [0.717, 1.165) is 12.0 Å². The largest absolute Gasteiger partial charge is 0.364 e. The van der Waals surface area contributed by atoms with E-state index in [1.54, 1.807) is 6.08 Å². The van der Waals surface area contributed by atoms with Crippen molar-refractivity contribution >= 4 is 0 Å². The van der Waals surface area contributed by atoms with Gasteiger partial charge in [0.05, 0.1) is 6.61 Å². The van der Waals surface area contributed by atoms with Gasteiger partial charge < -0.3 is 4.74 Å². The van der Waals surface area contributed by atoms with Crippen molar-refractivity contribution in [3.63, 3.8) is 0 Å². The third-order valence-electron chi connectivity index (χ3n) is 1.18. The average Bonchev–Trinajstić information content (AvgIpc) is 2.33. The molecule has 0 bridgehead atoms. The van der Waals surface area contributed by atoms with Crippen LogP contribution in [0.15, 0.2) is 24.3 Å². The van der Waals surface area contributed by atoms with Crippen molar-refractivity contribution in [2.24, 2.45) is 0 Å². The molecule has 0 radical (unpaired) electrons. The number of ether oxygens (including phenoxy) is 1. The summed E-state index contributed by atoms with van der Waals surface area (Å²) in [6.45, 7) is 14.7. The van der Waals surface area contributed by atoms with E-state index < -0.39 is 0 Å². The van der Waals surface area contributed by atoms with Crippen LogP contribution in [0.1, 0.15) is 41.0 Å². The molecule has 1 heteroatoms. The van der Waals surface area contributed by atoms with Gasteiger partial charge in [0.15, 0.2) is 0 Å². The summed E-state index contributed by atoms with van der Waals surface area (Å²) in [5.74, 6) is 2.41. The summed E-state index contributed by atoms with van der Waals surface area (Å²) in [4.78, 5) is 0. The number of rotatable bonds is 5. The molecule has 0 spiro atoms. The number of terminal acetylenes is 1. The Morgan fingerprint density at radius 2 is 1.87 bits per heavy atom. The van der Waals surface area contributed by atoms with Gasteiger partial charge in [0.25, 0.3) is 0 Å². The summed E-state index contributed by atoms with van der Waals surface area (Å²) in [5, 5.41) is 0. The van der Waals surface area contributed by atoms with Crippen LogP contribution < -0.4 is 0 Å². The normalized spacial score (nSPS) is 8.67. The van der Waals surface area contributed by atoms with Crippen LogP contribution in [0.2, 0.25) is 0 Å². The molecule has 15 heavy (non-hydrogen) atoms. The molecular formula is C14H26O. The summed E-state index contributed by atoms with van der Waals surface area (Å²) in [6.07, 6.45) is 9.88. The van der Waals surface area contributed by atoms with Gasteiger partial charge in [-0.3, -0.25) is 0 Å². The Hall–Kier alpha value is -1.00. The summed E-state index contributed by atoms with van der Waals surface area (Å²) in [7, 11) is 0. The smallest absolute Gasteiger partial charge is 0.107 e. The Bertz CT molecular complexity index is 172. The van der Waals surface area contributed by atoms with E-state index in [1.165, 1.54) is 0 Å². The molecule has 0 saturated carbocycles. The van der Waals surface area contributed by atoms with Crippen molar-refractivity contribution in [2.45, 2.75) is 41.0 Å². The highest BCUT2D eigenvalue weighted by atomic mass is 16.5. The first kappa shape index (κ1) is 19.6. The molecule has 0 atom stereocenters. The molecular weight excluding hydrogens is 184 g/mol. The van der Waals surface area contributed by atoms with E-state index in [4.69, 9.17) is 11.2 Å². The minimum Gasteiger partial charge on any atom is -0.364 e. The molecule has 0 fully saturated rings. The molecule has 0 aliphatic heterocycles. The van der Waals surface area contributed by atoms with Crippen LogP contribution in [0.4, 0.5) is 0 Å². The fourth-order valence-corrected chi connectivity index (χ4v) is 0.691. The summed E-state index contributed by atoms with van der Waals surface area (Å²) in [6, 6.07) is 0. The fraction of sp³-hybridized carbons (Fsp3) is 0.571. The fourth-order valence-electron chi connectivity index (χ4n) is 0.691. The van der Waals surface area contributed by atoms with Crippen LogP contribution in [-0.4, -0.2) is 13.2 Å². The highest BCUT2D eigenvalue weighted by molar-refractivity contribution is 5.16. The molecule has 0 unspecified atom stereocenters. The van der Waals surface area contributed by atoms with Crippen LogP contribution in [0, 0.1) is 12.3 Å². The van der Waals surface area contributed by atoms with Crippen molar-refractivity contribution in [3.8, 4) is 12.3 Å². The van der Waals surface area contributed by atoms with Gasteiger partial charge in [0, 0.05) is 0 Å². The molecule has 0 heterocycles. The maximum absolute atomic E-state index is 5.11. The molecule has 0 aliphatic carbocycles. The third kappa shape index (κ3) is 19.4. The van der Waals surface area contributed by atoms with Crippen LogP contribution in [-0.2, 0) is 4.74 Å². The lowest BCUT2D eigenvalue weighted by Crippen LogP contribution is -1.96. The van der Waals surface area contributed by atoms with Crippen molar-refractivity contribution < 1.29 is 4.74 Å². The number of hydrogen-bond donors (Lipinski definition) is 0. The molecule has 0 aromatic heterocycles. The lowest BCUT2D eigenvalue weighted by atomic mass is 10.2. The monoisotopic (exact) mass is 210 g/mol. The Labute approximate surface area is 96.2 Å². The number of hydrogen-bond acceptors (Lipinski definition) is 1. The van der Waals surface area contributed by atoms with Crippen LogP contribution >= 0.6 is 0 Å². The zero-order valence-corrected chi connectivity index (χ0v) is 11.0. The second-order valence-electron chi connectivity index (χ2n) is 2.09. The Morgan fingerprint density at radius 3 is 2.20 bits per heavy atom. The van der Waals surface area contributed by atoms with Crippen molar-refractivity contribution in [1.82, 2.24) is 0 Å². The topological polar surface area (TPSA) is 9.23 Å². The van der Waals surface area contributed by atoms with Crippen LogP contribution in [0.5, 0.6) is 0 Å². The molecule has 0 aromatic carbocycles. The average molecular weight is 210 g/mol. The van der Waals surface area contributed by atoms with Gasteiger partial charge >= 0.3 is 0 Å². The standard InChI is InChI=1S/C10H14O.2C2H6/c1-4-7-10(6-3)9-11-8-5-2;2*1-2/h2,6-7H,3-4,8-9H2,1H3;2*1-2H3/b10-7+;;. The SMILES string of the molecule is C#CCOC/C(C=C)=C/CC.CC.CC. The molecule has 0 aromatic rings. The number of allylic oxidation sites excluding steroid dienone is 1. The van der Waals surface area contributed by atoms with Crippen molar-refractivity contribution in [3.05, 3.63) is 24.3 Å². The zero-order valence-electron chi connectivity index (χ0n) is 11.0. The summed E-state index contributed by atoms with van der Waals surface area (Å²) >= 11 is 0. The first-order valence-electron chi connectivity index (χ1n) is 5.67. The highest BCUT2D eigenvalue weighted by Gasteiger charge is 1.88. The van der Waals surface area contributed by atoms with Gasteiger partial charge in [-0.25, -0.2) is 0 Å². The van der Waals surface area contributed by atoms with Crippen molar-refractivity contribution in [2.75, 3.05) is 13.2 Å². The first-order chi connectivity index (χ1) is 7.35. The van der Waals surface area contributed by atoms with Gasteiger partial charge in [0.2, 0.25) is 0 Å². The predicted molar refractivity (Wildman–Crippen MR) is 70.9 cm³/mol. The van der Waals surface area contributed by atoms with E-state index in [-0.39, 0.29) is 0 Å². The van der Waals surface area contributed by atoms with Gasteiger partial charge in [-0.05, 0) is 12.0 Å². The predicted octanol–water partition coefficient (Wildman–Crippen LogP) is 4.21. The summed E-state index contributed by atoms with van der Waals surface area (Å²) < 4.78 is 5.11. The molecule has 0 amide bonds. The van der Waals surface area contributed by atoms with Gasteiger partial charge in [0.1, 0.15) is 6.61 Å². The second-order valence-corrected chi connectivity index (χ2v) is 2.09. The third-order valence-corrected chi connectivity index (χ3v) is 1.18. The second kappa shape index (κ2) is 23.1. The molecule has 0 rings (SSSR count). The molecule has 1 nitrogen and oxygen atoms in total. The minimum absolute atomic E-state index is 0.370. The Kier molecular flexibility index (Phi) is 30.1. The van der Waals surface area contributed by atoms with E-state index in [9.17, 15) is 0 Å². The molecule has 0 aliphatic rings. The van der Waals surface area contributed by atoms with Gasteiger partial charge in [-0.2, -0.15) is 0 Å². The van der Waals surface area contributed by atoms with Gasteiger partial charge in [-0.1, -0.05) is 59.3 Å². The van der Waals surface area contributed by atoms with Crippen LogP contribution in [0.25, 0.3) is 0 Å². The van der Waals surface area contributed by atoms with Crippen molar-refractivity contribution in [1.29, 1.82) is 0 Å². The first-order valence-corrected chi connectivity index (χ1v) is 5.67. The van der Waals surface area contributed by atoms with E-state index >= 15 is 0 Å². The molecule has 0 N–H and O–H groups in total. The Morgan fingerprint density at radius 1 is 1.33 bits per heavy atom. The van der Waals surface area contributed by atoms with E-state index in [2.05, 4.69) is 25.5 Å². The lowest BCUT2D eigenvalue weighted by Gasteiger charge is -1.99. The summed E-state index contributed by atoms with van der Waals surface area (Å²) in [5.41, 5.74) is 1.10. The molecule has 88 valence electrons. The lowest BCUT2D eigenvalue weighted by molar-refractivity contribution is 0.194. The maximum atomic E-state index is 5.11. The van der Waals surface area contributed by atoms with Gasteiger partial charge in [-0.15, -0.1) is 6.42 Å². The quantitative estimate of drug-likeness (QED) is 0.375. The van der Waals surface area contributed by atoms with Crippen LogP contribution in [0.3, 0.4) is 0 Å². The minimum atomic E-state index is 0.370. The highest BCUT2D eigenvalue weighted by Crippen LogP contribution is 1.98. The zero-order chi connectivity index (χ0) is 12.5. The van der Waals surface area contributed by atoms with E-state index in [0.29, 0.717) is 13.2 Å². The van der Waals surface area contributed by atoms with E-state index in [1.807, 2.05) is 27.7 Å². The molecule has 0 saturated heterocycles.